The van der Waals surface area contributed by atoms with Crippen LogP contribution in [0.25, 0.3) is 11.3 Å². The monoisotopic (exact) mass is 248 g/mol. The number of hydrogen-bond donors (Lipinski definition) is 0. The van der Waals surface area contributed by atoms with Crippen molar-refractivity contribution in [1.29, 1.82) is 0 Å². The van der Waals surface area contributed by atoms with Gasteiger partial charge < -0.3 is 0 Å². The molecular weight excluding hydrogens is 240 g/mol. The second-order valence-corrected chi connectivity index (χ2v) is 3.94. The third kappa shape index (κ3) is 1.82. The Balaban J connectivity index is 2.50. The van der Waals surface area contributed by atoms with Gasteiger partial charge in [0.1, 0.15) is 6.33 Å². The minimum absolute atomic E-state index is 0.920. The Morgan fingerprint density at radius 3 is 2.50 bits per heavy atom. The van der Waals surface area contributed by atoms with E-state index in [1.165, 1.54) is 5.56 Å². The summed E-state index contributed by atoms with van der Waals surface area (Å²) in [4.78, 5) is 8.15. The largest absolute Gasteiger partial charge is 0.244 e. The van der Waals surface area contributed by atoms with Gasteiger partial charge in [0.25, 0.3) is 0 Å². The van der Waals surface area contributed by atoms with Crippen molar-refractivity contribution in [3.8, 4) is 11.3 Å². The maximum atomic E-state index is 4.22. The molecule has 0 radical (unpaired) electrons. The summed E-state index contributed by atoms with van der Waals surface area (Å²) in [6, 6.07) is 8.26. The first-order chi connectivity index (χ1) is 6.77. The minimum atomic E-state index is 0.920. The highest BCUT2D eigenvalue weighted by Gasteiger charge is 2.02. The number of aryl methyl sites for hydroxylation is 1. The van der Waals surface area contributed by atoms with Gasteiger partial charge in [0, 0.05) is 11.8 Å². The average Bonchev–Trinajstić information content (AvgIpc) is 2.20. The molecule has 0 saturated heterocycles. The zero-order valence-corrected chi connectivity index (χ0v) is 9.32. The molecule has 70 valence electrons. The number of hydrogen-bond acceptors (Lipinski definition) is 2. The predicted molar refractivity (Wildman–Crippen MR) is 59.9 cm³/mol. The first kappa shape index (κ1) is 9.34. The Morgan fingerprint density at radius 1 is 1.14 bits per heavy atom. The standard InChI is InChI=1S/C11H9BrN2/c1-8-2-4-9(5-3-8)11-10(12)6-13-7-14-11/h2-7H,1H3. The Labute approximate surface area is 91.2 Å². The first-order valence-corrected chi connectivity index (χ1v) is 5.09. The van der Waals surface area contributed by atoms with Crippen LogP contribution < -0.4 is 0 Å². The van der Waals surface area contributed by atoms with Crippen molar-refractivity contribution in [3.05, 3.63) is 46.8 Å². The lowest BCUT2D eigenvalue weighted by Gasteiger charge is -2.02. The molecule has 0 fully saturated rings. The Morgan fingerprint density at radius 2 is 1.86 bits per heavy atom. The fourth-order valence-electron chi connectivity index (χ4n) is 1.24. The summed E-state index contributed by atoms with van der Waals surface area (Å²) in [7, 11) is 0. The second-order valence-electron chi connectivity index (χ2n) is 3.09. The summed E-state index contributed by atoms with van der Waals surface area (Å²) in [6.45, 7) is 2.07. The van der Waals surface area contributed by atoms with E-state index in [0.29, 0.717) is 0 Å². The van der Waals surface area contributed by atoms with Crippen molar-refractivity contribution in [2.24, 2.45) is 0 Å². The molecule has 0 aliphatic heterocycles. The van der Waals surface area contributed by atoms with Gasteiger partial charge in [-0.05, 0) is 22.9 Å². The Hall–Kier alpha value is -1.22. The highest BCUT2D eigenvalue weighted by Crippen LogP contribution is 2.24. The SMILES string of the molecule is Cc1ccc(-c2ncncc2Br)cc1. The molecule has 0 aliphatic carbocycles. The van der Waals surface area contributed by atoms with Crippen LogP contribution in [0.2, 0.25) is 0 Å². The summed E-state index contributed by atoms with van der Waals surface area (Å²) < 4.78 is 0.920. The van der Waals surface area contributed by atoms with Gasteiger partial charge in [0.15, 0.2) is 0 Å². The van der Waals surface area contributed by atoms with Gasteiger partial charge in [-0.2, -0.15) is 0 Å². The lowest BCUT2D eigenvalue weighted by atomic mass is 10.1. The van der Waals surface area contributed by atoms with Crippen molar-refractivity contribution in [2.45, 2.75) is 6.92 Å². The highest BCUT2D eigenvalue weighted by atomic mass is 79.9. The molecule has 1 aromatic heterocycles. The molecule has 14 heavy (non-hydrogen) atoms. The first-order valence-electron chi connectivity index (χ1n) is 4.30. The van der Waals surface area contributed by atoms with Crippen LogP contribution in [0.5, 0.6) is 0 Å². The number of benzene rings is 1. The molecule has 0 bridgehead atoms. The van der Waals surface area contributed by atoms with Gasteiger partial charge in [-0.15, -0.1) is 0 Å². The van der Waals surface area contributed by atoms with Gasteiger partial charge in [0.2, 0.25) is 0 Å². The summed E-state index contributed by atoms with van der Waals surface area (Å²) in [6.07, 6.45) is 3.31. The van der Waals surface area contributed by atoms with E-state index < -0.39 is 0 Å². The van der Waals surface area contributed by atoms with Crippen LogP contribution in [0.15, 0.2) is 41.3 Å². The van der Waals surface area contributed by atoms with E-state index >= 15 is 0 Å². The van der Waals surface area contributed by atoms with Crippen LogP contribution in [0.1, 0.15) is 5.56 Å². The zero-order chi connectivity index (χ0) is 9.97. The average molecular weight is 249 g/mol. The lowest BCUT2D eigenvalue weighted by Crippen LogP contribution is -1.86. The molecule has 0 spiro atoms. The molecular formula is C11H9BrN2. The predicted octanol–water partition coefficient (Wildman–Crippen LogP) is 3.21. The van der Waals surface area contributed by atoms with E-state index in [1.807, 2.05) is 0 Å². The second kappa shape index (κ2) is 3.88. The fraction of sp³-hybridized carbons (Fsp3) is 0.0909. The lowest BCUT2D eigenvalue weighted by molar-refractivity contribution is 1.16. The molecule has 2 nitrogen and oxygen atoms in total. The molecule has 0 saturated carbocycles. The van der Waals surface area contributed by atoms with Crippen molar-refractivity contribution in [2.75, 3.05) is 0 Å². The quantitative estimate of drug-likeness (QED) is 0.775. The molecule has 0 aliphatic rings. The third-order valence-corrected chi connectivity index (χ3v) is 2.57. The number of nitrogens with zero attached hydrogens (tertiary/aromatic N) is 2. The van der Waals surface area contributed by atoms with Crippen LogP contribution >= 0.6 is 15.9 Å². The maximum absolute atomic E-state index is 4.22. The number of rotatable bonds is 1. The molecule has 1 heterocycles. The summed E-state index contributed by atoms with van der Waals surface area (Å²) >= 11 is 3.43. The zero-order valence-electron chi connectivity index (χ0n) is 7.74. The van der Waals surface area contributed by atoms with Crippen molar-refractivity contribution < 1.29 is 0 Å². The third-order valence-electron chi connectivity index (χ3n) is 1.99. The minimum Gasteiger partial charge on any atom is -0.244 e. The van der Waals surface area contributed by atoms with Crippen LogP contribution in [-0.2, 0) is 0 Å². The van der Waals surface area contributed by atoms with Crippen molar-refractivity contribution in [1.82, 2.24) is 9.97 Å². The molecule has 2 aromatic rings. The number of halogens is 1. The van der Waals surface area contributed by atoms with E-state index in [2.05, 4.69) is 57.1 Å². The topological polar surface area (TPSA) is 25.8 Å². The van der Waals surface area contributed by atoms with Gasteiger partial charge in [-0.1, -0.05) is 29.8 Å². The normalized spacial score (nSPS) is 10.1. The van der Waals surface area contributed by atoms with Crippen LogP contribution in [0.4, 0.5) is 0 Å². The molecule has 0 amide bonds. The van der Waals surface area contributed by atoms with Crippen LogP contribution in [0, 0.1) is 6.92 Å². The van der Waals surface area contributed by atoms with E-state index in [0.717, 1.165) is 15.7 Å². The molecule has 2 rings (SSSR count). The van der Waals surface area contributed by atoms with Gasteiger partial charge in [-0.25, -0.2) is 9.97 Å². The van der Waals surface area contributed by atoms with Gasteiger partial charge in [0.05, 0.1) is 10.2 Å². The molecule has 0 unspecified atom stereocenters. The van der Waals surface area contributed by atoms with Crippen molar-refractivity contribution in [3.63, 3.8) is 0 Å². The van der Waals surface area contributed by atoms with Crippen molar-refractivity contribution >= 4 is 15.9 Å². The van der Waals surface area contributed by atoms with Gasteiger partial charge >= 0.3 is 0 Å². The molecule has 1 aromatic carbocycles. The summed E-state index contributed by atoms with van der Waals surface area (Å²) in [5.74, 6) is 0. The van der Waals surface area contributed by atoms with Gasteiger partial charge in [-0.3, -0.25) is 0 Å². The summed E-state index contributed by atoms with van der Waals surface area (Å²) in [5, 5.41) is 0. The summed E-state index contributed by atoms with van der Waals surface area (Å²) in [5.41, 5.74) is 3.28. The fourth-order valence-corrected chi connectivity index (χ4v) is 1.69. The van der Waals surface area contributed by atoms with E-state index in [4.69, 9.17) is 0 Å². The van der Waals surface area contributed by atoms with E-state index in [9.17, 15) is 0 Å². The molecule has 0 N–H and O–H groups in total. The maximum Gasteiger partial charge on any atom is 0.116 e. The molecule has 0 atom stereocenters. The Bertz CT molecular complexity index is 437. The highest BCUT2D eigenvalue weighted by molar-refractivity contribution is 9.10. The smallest absolute Gasteiger partial charge is 0.116 e. The molecule has 3 heteroatoms. The van der Waals surface area contributed by atoms with Crippen LogP contribution in [0.3, 0.4) is 0 Å². The van der Waals surface area contributed by atoms with Crippen LogP contribution in [-0.4, -0.2) is 9.97 Å². The van der Waals surface area contributed by atoms with E-state index in [-0.39, 0.29) is 0 Å². The van der Waals surface area contributed by atoms with E-state index in [1.54, 1.807) is 12.5 Å². The number of aromatic nitrogens is 2. The Kier molecular flexibility index (Phi) is 2.59.